The predicted octanol–water partition coefficient (Wildman–Crippen LogP) is 2.79. The van der Waals surface area contributed by atoms with Crippen LogP contribution in [0.3, 0.4) is 0 Å². The van der Waals surface area contributed by atoms with Crippen LogP contribution in [0.25, 0.3) is 11.3 Å². The molecule has 0 aliphatic rings. The molecule has 0 fully saturated rings. The molecule has 4 rings (SSSR count). The van der Waals surface area contributed by atoms with Crippen molar-refractivity contribution in [1.29, 1.82) is 0 Å². The minimum atomic E-state index is -0.663. The van der Waals surface area contributed by atoms with Crippen molar-refractivity contribution in [3.63, 3.8) is 0 Å². The summed E-state index contributed by atoms with van der Waals surface area (Å²) in [6, 6.07) is 16.5. The maximum absolute atomic E-state index is 13.3. The number of methoxy groups -OCH3 is 1. The number of esters is 1. The van der Waals surface area contributed by atoms with Gasteiger partial charge in [-0.1, -0.05) is 29.8 Å². The van der Waals surface area contributed by atoms with Gasteiger partial charge >= 0.3 is 5.97 Å². The maximum Gasteiger partial charge on any atom is 0.356 e. The fourth-order valence-corrected chi connectivity index (χ4v) is 4.64. The van der Waals surface area contributed by atoms with Crippen LogP contribution in [0.1, 0.15) is 27.2 Å². The maximum atomic E-state index is 13.3. The van der Waals surface area contributed by atoms with E-state index in [0.29, 0.717) is 40.8 Å². The lowest BCUT2D eigenvalue weighted by Crippen LogP contribution is -2.45. The predicted molar refractivity (Wildman–Crippen MR) is 160 cm³/mol. The summed E-state index contributed by atoms with van der Waals surface area (Å²) >= 11 is 0. The number of benzene rings is 1. The van der Waals surface area contributed by atoms with Crippen LogP contribution in [0.5, 0.6) is 5.88 Å². The Balaban J connectivity index is 1.51. The molecule has 4 N–H and O–H groups in total. The summed E-state index contributed by atoms with van der Waals surface area (Å²) in [6.45, 7) is 4.34. The number of likely N-dealkylation sites (N-methyl/N-ethyl adjacent to an activating group) is 1. The number of nitrogens with two attached hydrogens (primary N) is 2. The van der Waals surface area contributed by atoms with Gasteiger partial charge in [-0.05, 0) is 49.0 Å². The summed E-state index contributed by atoms with van der Waals surface area (Å²) in [5.41, 5.74) is 16.8. The fraction of sp³-hybridized carbons (Fsp3) is 0.241. The van der Waals surface area contributed by atoms with Crippen molar-refractivity contribution < 1.29 is 14.3 Å². The van der Waals surface area contributed by atoms with Crippen LogP contribution < -0.4 is 32.0 Å². The molecule has 4 aromatic rings. The van der Waals surface area contributed by atoms with Crippen molar-refractivity contribution in [1.82, 2.24) is 14.5 Å². The Bertz CT molecular complexity index is 1610. The van der Waals surface area contributed by atoms with Crippen LogP contribution >= 0.6 is 9.24 Å². The standard InChI is InChI=1S/C29H33N6O4P/c1-17-8-9-19(24(40)14-17)16-39-26-7-5-6-22(32-26)20-12-13-35(28(36)18(20)2)15-25(31)34(3)27-21(30)10-11-23(33-27)29(37)38-4/h5-14,25H,15-16,30-31,40H2,1-4H3. The molecule has 0 spiro atoms. The quantitative estimate of drug-likeness (QED) is 0.180. The summed E-state index contributed by atoms with van der Waals surface area (Å²) in [5, 5.41) is 1.08. The molecule has 1 aromatic carbocycles. The summed E-state index contributed by atoms with van der Waals surface area (Å²) < 4.78 is 12.2. The Morgan fingerprint density at radius 1 is 1.12 bits per heavy atom. The van der Waals surface area contributed by atoms with E-state index in [0.717, 1.165) is 10.9 Å². The highest BCUT2D eigenvalue weighted by Crippen LogP contribution is 2.23. The van der Waals surface area contributed by atoms with E-state index in [1.165, 1.54) is 23.3 Å². The molecule has 10 nitrogen and oxygen atoms in total. The first-order valence-electron chi connectivity index (χ1n) is 12.6. The number of rotatable bonds is 9. The van der Waals surface area contributed by atoms with E-state index in [1.807, 2.05) is 37.3 Å². The Kier molecular flexibility index (Phi) is 8.82. The molecule has 11 heteroatoms. The molecule has 0 saturated carbocycles. The van der Waals surface area contributed by atoms with Gasteiger partial charge in [-0.3, -0.25) is 4.79 Å². The van der Waals surface area contributed by atoms with Gasteiger partial charge in [0.25, 0.3) is 5.56 Å². The van der Waals surface area contributed by atoms with Gasteiger partial charge < -0.3 is 30.4 Å². The molecular weight excluding hydrogens is 527 g/mol. The third-order valence-corrected chi connectivity index (χ3v) is 7.14. The van der Waals surface area contributed by atoms with Crippen molar-refractivity contribution in [2.24, 2.45) is 5.73 Å². The van der Waals surface area contributed by atoms with E-state index in [4.69, 9.17) is 20.9 Å². The van der Waals surface area contributed by atoms with Gasteiger partial charge in [-0.25, -0.2) is 14.8 Å². The van der Waals surface area contributed by atoms with Gasteiger partial charge in [0.2, 0.25) is 5.88 Å². The molecule has 2 atom stereocenters. The van der Waals surface area contributed by atoms with Crippen molar-refractivity contribution in [3.05, 3.63) is 93.5 Å². The Labute approximate surface area is 235 Å². The summed E-state index contributed by atoms with van der Waals surface area (Å²) in [4.78, 5) is 35.7. The van der Waals surface area contributed by atoms with Crippen LogP contribution in [0, 0.1) is 13.8 Å². The van der Waals surface area contributed by atoms with Gasteiger partial charge in [-0.15, -0.1) is 9.24 Å². The van der Waals surface area contributed by atoms with Gasteiger partial charge in [0.15, 0.2) is 11.5 Å². The number of aryl methyl sites for hydroxylation is 1. The average molecular weight is 561 g/mol. The van der Waals surface area contributed by atoms with E-state index in [2.05, 4.69) is 25.3 Å². The number of carbonyl (C=O) groups is 1. The van der Waals surface area contributed by atoms with Gasteiger partial charge in [0.05, 0.1) is 31.2 Å². The van der Waals surface area contributed by atoms with Crippen molar-refractivity contribution in [3.8, 4) is 17.1 Å². The number of ether oxygens (including phenoxy) is 2. The van der Waals surface area contributed by atoms with Gasteiger partial charge in [0, 0.05) is 30.4 Å². The second-order valence-corrected chi connectivity index (χ2v) is 10.1. The molecule has 0 aliphatic carbocycles. The molecule has 2 unspecified atom stereocenters. The topological polar surface area (TPSA) is 139 Å². The molecule has 40 heavy (non-hydrogen) atoms. The number of hydrogen-bond acceptors (Lipinski definition) is 9. The fourth-order valence-electron chi connectivity index (χ4n) is 4.19. The zero-order valence-electron chi connectivity index (χ0n) is 22.9. The lowest BCUT2D eigenvalue weighted by molar-refractivity contribution is 0.0594. The Morgan fingerprint density at radius 2 is 1.90 bits per heavy atom. The molecule has 208 valence electrons. The zero-order valence-corrected chi connectivity index (χ0v) is 24.1. The van der Waals surface area contributed by atoms with E-state index in [-0.39, 0.29) is 17.8 Å². The normalized spacial score (nSPS) is 11.7. The highest BCUT2D eigenvalue weighted by Gasteiger charge is 2.19. The first-order valence-corrected chi connectivity index (χ1v) is 13.1. The van der Waals surface area contributed by atoms with Crippen LogP contribution in [-0.2, 0) is 17.9 Å². The Hall–Kier alpha value is -4.27. The molecule has 0 radical (unpaired) electrons. The van der Waals surface area contributed by atoms with E-state index >= 15 is 0 Å². The van der Waals surface area contributed by atoms with Crippen molar-refractivity contribution >= 4 is 32.0 Å². The van der Waals surface area contributed by atoms with Crippen LogP contribution in [0.2, 0.25) is 0 Å². The Morgan fingerprint density at radius 3 is 2.62 bits per heavy atom. The van der Waals surface area contributed by atoms with Gasteiger partial charge in [0.1, 0.15) is 6.61 Å². The molecule has 3 aromatic heterocycles. The van der Waals surface area contributed by atoms with E-state index in [9.17, 15) is 9.59 Å². The largest absolute Gasteiger partial charge is 0.473 e. The molecule has 0 saturated heterocycles. The monoisotopic (exact) mass is 560 g/mol. The molecule has 0 bridgehead atoms. The SMILES string of the molecule is COC(=O)c1ccc(N)c(N(C)C(N)Cn2ccc(-c3cccc(OCc4ccc(C)cc4P)n3)c(C)c2=O)n1. The van der Waals surface area contributed by atoms with E-state index < -0.39 is 12.1 Å². The minimum absolute atomic E-state index is 0.106. The number of nitrogens with zero attached hydrogens (tertiary/aromatic N) is 4. The number of pyridine rings is 3. The first-order chi connectivity index (χ1) is 19.1. The number of carbonyl (C=O) groups excluding carboxylic acids is 1. The summed E-state index contributed by atoms with van der Waals surface area (Å²) in [6.07, 6.45) is 1.02. The van der Waals surface area contributed by atoms with Crippen LogP contribution in [-0.4, -0.2) is 40.8 Å². The number of hydrogen-bond donors (Lipinski definition) is 2. The summed E-state index contributed by atoms with van der Waals surface area (Å²) in [5.74, 6) is 0.198. The third kappa shape index (κ3) is 6.30. The number of nitrogen functional groups attached to an aromatic ring is 1. The van der Waals surface area contributed by atoms with Crippen molar-refractivity contribution in [2.45, 2.75) is 33.2 Å². The highest BCUT2D eigenvalue weighted by atomic mass is 31.0. The highest BCUT2D eigenvalue weighted by molar-refractivity contribution is 7.27. The second-order valence-electron chi connectivity index (χ2n) is 9.44. The van der Waals surface area contributed by atoms with Crippen LogP contribution in [0.4, 0.5) is 11.5 Å². The van der Waals surface area contributed by atoms with Crippen LogP contribution in [0.15, 0.2) is 65.6 Å². The number of aromatic nitrogens is 3. The molecule has 0 aliphatic heterocycles. The molecule has 3 heterocycles. The van der Waals surface area contributed by atoms with E-state index in [1.54, 1.807) is 37.2 Å². The second kappa shape index (κ2) is 12.3. The lowest BCUT2D eigenvalue weighted by Gasteiger charge is -2.27. The third-order valence-electron chi connectivity index (χ3n) is 6.60. The smallest absolute Gasteiger partial charge is 0.356 e. The number of anilines is 2. The first kappa shape index (κ1) is 28.7. The summed E-state index contributed by atoms with van der Waals surface area (Å²) in [7, 11) is 5.70. The molecule has 0 amide bonds. The molecular formula is C29H33N6O4P. The zero-order chi connectivity index (χ0) is 29.0. The minimum Gasteiger partial charge on any atom is -0.473 e. The average Bonchev–Trinajstić information content (AvgIpc) is 2.94. The van der Waals surface area contributed by atoms with Gasteiger partial charge in [-0.2, -0.15) is 0 Å². The van der Waals surface area contributed by atoms with Crippen molar-refractivity contribution in [2.75, 3.05) is 24.8 Å². The lowest BCUT2D eigenvalue weighted by atomic mass is 10.1.